The van der Waals surface area contributed by atoms with Crippen molar-refractivity contribution in [3.05, 3.63) is 46.5 Å². The lowest BCUT2D eigenvalue weighted by atomic mass is 9.97. The lowest BCUT2D eigenvalue weighted by Gasteiger charge is -2.20. The molecule has 1 fully saturated rings. The summed E-state index contributed by atoms with van der Waals surface area (Å²) < 4.78 is 7.33. The molecule has 2 aromatic rings. The van der Waals surface area contributed by atoms with E-state index in [1.54, 1.807) is 24.7 Å². The topological polar surface area (TPSA) is 53.1 Å². The van der Waals surface area contributed by atoms with Gasteiger partial charge in [-0.2, -0.15) is 0 Å². The minimum absolute atomic E-state index is 0.119. The molecule has 1 aliphatic rings. The van der Waals surface area contributed by atoms with E-state index in [-0.39, 0.29) is 6.04 Å². The van der Waals surface area contributed by atoms with Gasteiger partial charge in [-0.1, -0.05) is 23.2 Å². The Morgan fingerprint density at radius 1 is 1.40 bits per heavy atom. The highest BCUT2D eigenvalue weighted by Gasteiger charge is 2.26. The Morgan fingerprint density at radius 2 is 2.25 bits per heavy atom. The van der Waals surface area contributed by atoms with Gasteiger partial charge in [0.05, 0.1) is 41.6 Å². The molecule has 0 aliphatic carbocycles. The Labute approximate surface area is 127 Å². The number of nitrogens with zero attached hydrogens (tertiary/aromatic N) is 2. The molecule has 2 unspecified atom stereocenters. The van der Waals surface area contributed by atoms with E-state index in [4.69, 9.17) is 33.7 Å². The maximum Gasteiger partial charge on any atom is 0.0995 e. The van der Waals surface area contributed by atoms with Gasteiger partial charge < -0.3 is 15.0 Å². The van der Waals surface area contributed by atoms with Gasteiger partial charge in [0, 0.05) is 17.5 Å². The molecule has 2 N–H and O–H groups in total. The third kappa shape index (κ3) is 2.56. The molecule has 2 heterocycles. The predicted molar refractivity (Wildman–Crippen MR) is 79.4 cm³/mol. The van der Waals surface area contributed by atoms with Crippen LogP contribution in [0.15, 0.2) is 30.7 Å². The highest BCUT2D eigenvalue weighted by molar-refractivity contribution is 6.35. The Kier molecular flexibility index (Phi) is 3.98. The van der Waals surface area contributed by atoms with Crippen molar-refractivity contribution in [2.75, 3.05) is 13.2 Å². The minimum atomic E-state index is -0.119. The van der Waals surface area contributed by atoms with E-state index in [1.807, 2.05) is 10.6 Å². The number of ether oxygens (including phenoxy) is 1. The van der Waals surface area contributed by atoms with Gasteiger partial charge in [-0.05, 0) is 24.6 Å². The standard InChI is InChI=1S/C14H15Cl2N3O/c15-10-1-2-12(11(16)5-10)19-8-18-6-13(19)14(17)9-3-4-20-7-9/h1-2,5-6,8-9,14H,3-4,7,17H2. The zero-order valence-electron chi connectivity index (χ0n) is 10.8. The van der Waals surface area contributed by atoms with Gasteiger partial charge in [-0.25, -0.2) is 4.98 Å². The van der Waals surface area contributed by atoms with E-state index in [2.05, 4.69) is 4.98 Å². The maximum atomic E-state index is 6.35. The van der Waals surface area contributed by atoms with Crippen LogP contribution >= 0.6 is 23.2 Å². The van der Waals surface area contributed by atoms with Crippen LogP contribution in [0.4, 0.5) is 0 Å². The molecular weight excluding hydrogens is 297 g/mol. The molecule has 20 heavy (non-hydrogen) atoms. The Hall–Kier alpha value is -1.07. The van der Waals surface area contributed by atoms with Crippen molar-refractivity contribution in [2.45, 2.75) is 12.5 Å². The van der Waals surface area contributed by atoms with Crippen LogP contribution < -0.4 is 5.73 Å². The van der Waals surface area contributed by atoms with E-state index >= 15 is 0 Å². The predicted octanol–water partition coefficient (Wildman–Crippen LogP) is 3.22. The third-order valence-electron chi connectivity index (χ3n) is 3.65. The van der Waals surface area contributed by atoms with Gasteiger partial charge >= 0.3 is 0 Å². The summed E-state index contributed by atoms with van der Waals surface area (Å²) in [6.07, 6.45) is 4.48. The molecule has 0 spiro atoms. The summed E-state index contributed by atoms with van der Waals surface area (Å²) in [7, 11) is 0. The highest BCUT2D eigenvalue weighted by atomic mass is 35.5. The van der Waals surface area contributed by atoms with Gasteiger partial charge in [0.2, 0.25) is 0 Å². The third-order valence-corrected chi connectivity index (χ3v) is 4.19. The van der Waals surface area contributed by atoms with Crippen molar-refractivity contribution in [2.24, 2.45) is 11.7 Å². The molecule has 1 aromatic heterocycles. The van der Waals surface area contributed by atoms with Crippen molar-refractivity contribution < 1.29 is 4.74 Å². The molecule has 106 valence electrons. The van der Waals surface area contributed by atoms with Crippen LogP contribution in [0.1, 0.15) is 18.2 Å². The van der Waals surface area contributed by atoms with E-state index in [1.165, 1.54) is 0 Å². The van der Waals surface area contributed by atoms with Gasteiger partial charge in [0.15, 0.2) is 0 Å². The van der Waals surface area contributed by atoms with Crippen LogP contribution in [0, 0.1) is 5.92 Å². The summed E-state index contributed by atoms with van der Waals surface area (Å²) in [5, 5.41) is 1.18. The van der Waals surface area contributed by atoms with E-state index in [0.29, 0.717) is 22.6 Å². The monoisotopic (exact) mass is 311 g/mol. The first kappa shape index (κ1) is 13.9. The molecule has 0 amide bonds. The second-order valence-electron chi connectivity index (χ2n) is 4.93. The van der Waals surface area contributed by atoms with Crippen molar-refractivity contribution in [3.8, 4) is 5.69 Å². The largest absolute Gasteiger partial charge is 0.381 e. The number of halogens is 2. The Balaban J connectivity index is 1.97. The zero-order chi connectivity index (χ0) is 14.1. The van der Waals surface area contributed by atoms with Gasteiger partial charge in [-0.3, -0.25) is 0 Å². The summed E-state index contributed by atoms with van der Waals surface area (Å²) in [4.78, 5) is 4.21. The van der Waals surface area contributed by atoms with Crippen molar-refractivity contribution in [3.63, 3.8) is 0 Å². The smallest absolute Gasteiger partial charge is 0.0995 e. The van der Waals surface area contributed by atoms with E-state index < -0.39 is 0 Å². The first-order chi connectivity index (χ1) is 9.66. The van der Waals surface area contributed by atoms with Crippen molar-refractivity contribution >= 4 is 23.2 Å². The Morgan fingerprint density at radius 3 is 2.95 bits per heavy atom. The summed E-state index contributed by atoms with van der Waals surface area (Å²) in [5.74, 6) is 0.316. The van der Waals surface area contributed by atoms with Crippen molar-refractivity contribution in [1.82, 2.24) is 9.55 Å². The molecule has 1 aliphatic heterocycles. The van der Waals surface area contributed by atoms with Gasteiger partial charge in [-0.15, -0.1) is 0 Å². The van der Waals surface area contributed by atoms with Crippen molar-refractivity contribution in [1.29, 1.82) is 0 Å². The average Bonchev–Trinajstić information content (AvgIpc) is 3.09. The lowest BCUT2D eigenvalue weighted by Crippen LogP contribution is -2.24. The summed E-state index contributed by atoms with van der Waals surface area (Å²) in [5.41, 5.74) is 8.12. The number of hydrogen-bond donors (Lipinski definition) is 1. The summed E-state index contributed by atoms with van der Waals surface area (Å²) in [6, 6.07) is 5.27. The van der Waals surface area contributed by atoms with Gasteiger partial charge in [0.1, 0.15) is 0 Å². The molecule has 4 nitrogen and oxygen atoms in total. The summed E-state index contributed by atoms with van der Waals surface area (Å²) in [6.45, 7) is 1.47. The number of hydrogen-bond acceptors (Lipinski definition) is 3. The van der Waals surface area contributed by atoms with E-state index in [0.717, 1.165) is 24.4 Å². The fraction of sp³-hybridized carbons (Fsp3) is 0.357. The Bertz CT molecular complexity index is 608. The SMILES string of the molecule is NC(c1cncn1-c1ccc(Cl)cc1Cl)C1CCOC1. The first-order valence-corrected chi connectivity index (χ1v) is 7.23. The molecule has 6 heteroatoms. The molecule has 1 aromatic carbocycles. The van der Waals surface area contributed by atoms with Gasteiger partial charge in [0.25, 0.3) is 0 Å². The molecular formula is C14H15Cl2N3O. The zero-order valence-corrected chi connectivity index (χ0v) is 12.3. The van der Waals surface area contributed by atoms with Crippen LogP contribution in [-0.4, -0.2) is 22.8 Å². The number of rotatable bonds is 3. The van der Waals surface area contributed by atoms with Crippen LogP contribution in [0.25, 0.3) is 5.69 Å². The molecule has 3 rings (SSSR count). The first-order valence-electron chi connectivity index (χ1n) is 6.48. The molecule has 0 bridgehead atoms. The van der Waals surface area contributed by atoms with Crippen LogP contribution in [0.2, 0.25) is 10.0 Å². The fourth-order valence-corrected chi connectivity index (χ4v) is 3.01. The van der Waals surface area contributed by atoms with E-state index in [9.17, 15) is 0 Å². The van der Waals surface area contributed by atoms with Crippen LogP contribution in [0.3, 0.4) is 0 Å². The highest BCUT2D eigenvalue weighted by Crippen LogP contribution is 2.31. The minimum Gasteiger partial charge on any atom is -0.381 e. The normalized spacial score (nSPS) is 20.2. The lowest BCUT2D eigenvalue weighted by molar-refractivity contribution is 0.180. The molecule has 2 atom stereocenters. The van der Waals surface area contributed by atoms with Crippen LogP contribution in [0.5, 0.6) is 0 Å². The second-order valence-corrected chi connectivity index (χ2v) is 5.78. The number of imidazole rings is 1. The fourth-order valence-electron chi connectivity index (χ4n) is 2.51. The molecule has 0 saturated carbocycles. The second kappa shape index (κ2) is 5.74. The molecule has 0 radical (unpaired) electrons. The number of benzene rings is 1. The van der Waals surface area contributed by atoms with Crippen LogP contribution in [-0.2, 0) is 4.74 Å². The maximum absolute atomic E-state index is 6.35. The quantitative estimate of drug-likeness (QED) is 0.947. The number of aromatic nitrogens is 2. The number of nitrogens with two attached hydrogens (primary N) is 1. The average molecular weight is 312 g/mol. The summed E-state index contributed by atoms with van der Waals surface area (Å²) >= 11 is 12.2. The molecule has 1 saturated heterocycles.